The number of nitrogens with zero attached hydrogens (tertiary/aromatic N) is 1. The summed E-state index contributed by atoms with van der Waals surface area (Å²) in [4.78, 5) is 26.4. The number of carbonyl (C=O) groups excluding carboxylic acids is 2. The molecule has 0 saturated carbocycles. The average Bonchev–Trinajstić information content (AvgIpc) is 2.65. The Morgan fingerprint density at radius 1 is 1.08 bits per heavy atom. The van der Waals surface area contributed by atoms with Crippen molar-refractivity contribution in [3.05, 3.63) is 77.4 Å². The maximum atomic E-state index is 12.4. The number of esters is 1. The molecular formula is C21H19NO4. The Hall–Kier alpha value is -3.18. The van der Waals surface area contributed by atoms with Crippen molar-refractivity contribution in [1.82, 2.24) is 0 Å². The van der Waals surface area contributed by atoms with Gasteiger partial charge >= 0.3 is 5.97 Å². The van der Waals surface area contributed by atoms with Crippen molar-refractivity contribution in [2.24, 2.45) is 0 Å². The van der Waals surface area contributed by atoms with E-state index in [0.29, 0.717) is 17.9 Å². The highest BCUT2D eigenvalue weighted by molar-refractivity contribution is 6.27. The molecule has 0 bridgehead atoms. The summed E-state index contributed by atoms with van der Waals surface area (Å²) in [5, 5.41) is 8.97. The van der Waals surface area contributed by atoms with Crippen molar-refractivity contribution >= 4 is 23.5 Å². The van der Waals surface area contributed by atoms with Crippen molar-refractivity contribution in [2.75, 3.05) is 25.1 Å². The highest BCUT2D eigenvalue weighted by atomic mass is 16.5. The number of rotatable bonds is 5. The van der Waals surface area contributed by atoms with Gasteiger partial charge in [-0.1, -0.05) is 36.4 Å². The second-order valence-electron chi connectivity index (χ2n) is 5.89. The zero-order valence-corrected chi connectivity index (χ0v) is 14.4. The molecule has 0 unspecified atom stereocenters. The number of anilines is 1. The Bertz CT molecular complexity index is 881. The molecule has 0 amide bonds. The number of allylic oxidation sites excluding steroid dienone is 2. The largest absolute Gasteiger partial charge is 0.422 e. The maximum Gasteiger partial charge on any atom is 0.347 e. The molecule has 0 atom stereocenters. The molecule has 1 aliphatic rings. The number of fused-ring (bicyclic) bond motifs is 1. The molecule has 0 aromatic heterocycles. The summed E-state index contributed by atoms with van der Waals surface area (Å²) in [6.45, 7) is 0.659. The van der Waals surface area contributed by atoms with Gasteiger partial charge in [0.2, 0.25) is 5.78 Å². The molecule has 0 saturated heterocycles. The van der Waals surface area contributed by atoms with Crippen LogP contribution in [0.3, 0.4) is 0 Å². The fourth-order valence-electron chi connectivity index (χ4n) is 2.65. The number of benzene rings is 2. The number of aliphatic hydroxyl groups is 1. The van der Waals surface area contributed by atoms with Gasteiger partial charge in [0.1, 0.15) is 11.3 Å². The number of carbonyl (C=O) groups is 2. The average molecular weight is 349 g/mol. The Kier molecular flexibility index (Phi) is 5.29. The van der Waals surface area contributed by atoms with Crippen LogP contribution in [0.5, 0.6) is 5.75 Å². The third-order valence-electron chi connectivity index (χ3n) is 4.12. The molecule has 2 aromatic carbocycles. The molecule has 0 radical (unpaired) electrons. The van der Waals surface area contributed by atoms with Crippen LogP contribution >= 0.6 is 0 Å². The molecule has 1 aliphatic heterocycles. The van der Waals surface area contributed by atoms with Gasteiger partial charge in [0.05, 0.1) is 12.2 Å². The second kappa shape index (κ2) is 7.80. The number of likely N-dealkylation sites (N-methyl/N-ethyl adjacent to an activating group) is 1. The number of ether oxygens (including phenoxy) is 1. The number of ketones is 1. The summed E-state index contributed by atoms with van der Waals surface area (Å²) in [6, 6.07) is 14.4. The first-order valence-electron chi connectivity index (χ1n) is 8.26. The summed E-state index contributed by atoms with van der Waals surface area (Å²) >= 11 is 0. The van der Waals surface area contributed by atoms with Crippen LogP contribution in [0.4, 0.5) is 5.69 Å². The second-order valence-corrected chi connectivity index (χ2v) is 5.89. The molecule has 1 N–H and O–H groups in total. The molecule has 0 aliphatic carbocycles. The van der Waals surface area contributed by atoms with Gasteiger partial charge in [0, 0.05) is 19.3 Å². The Labute approximate surface area is 151 Å². The minimum atomic E-state index is -0.640. The van der Waals surface area contributed by atoms with E-state index < -0.39 is 5.97 Å². The van der Waals surface area contributed by atoms with E-state index in [2.05, 4.69) is 0 Å². The van der Waals surface area contributed by atoms with Crippen LogP contribution in [0.15, 0.2) is 66.3 Å². The van der Waals surface area contributed by atoms with Crippen molar-refractivity contribution in [2.45, 2.75) is 0 Å². The van der Waals surface area contributed by atoms with E-state index in [1.54, 1.807) is 30.3 Å². The molecule has 132 valence electrons. The van der Waals surface area contributed by atoms with Crippen molar-refractivity contribution in [3.8, 4) is 5.75 Å². The van der Waals surface area contributed by atoms with E-state index in [1.165, 1.54) is 6.08 Å². The van der Waals surface area contributed by atoms with Crippen LogP contribution in [0.1, 0.15) is 15.9 Å². The van der Waals surface area contributed by atoms with Crippen LogP contribution in [-0.4, -0.2) is 37.1 Å². The molecule has 26 heavy (non-hydrogen) atoms. The maximum absolute atomic E-state index is 12.4. The monoisotopic (exact) mass is 349 g/mol. The van der Waals surface area contributed by atoms with Crippen molar-refractivity contribution in [3.63, 3.8) is 0 Å². The highest BCUT2D eigenvalue weighted by Gasteiger charge is 2.29. The van der Waals surface area contributed by atoms with E-state index in [-0.39, 0.29) is 18.0 Å². The van der Waals surface area contributed by atoms with Crippen molar-refractivity contribution in [1.29, 1.82) is 0 Å². The lowest BCUT2D eigenvalue weighted by molar-refractivity contribution is -0.130. The first kappa shape index (κ1) is 17.6. The summed E-state index contributed by atoms with van der Waals surface area (Å²) in [5.74, 6) is -0.673. The van der Waals surface area contributed by atoms with Crippen LogP contribution in [-0.2, 0) is 4.79 Å². The van der Waals surface area contributed by atoms with Crippen LogP contribution in [0, 0.1) is 0 Å². The zero-order chi connectivity index (χ0) is 18.5. The minimum absolute atomic E-state index is 0.0132. The van der Waals surface area contributed by atoms with Crippen LogP contribution < -0.4 is 9.64 Å². The van der Waals surface area contributed by atoms with Gasteiger partial charge in [0.15, 0.2) is 0 Å². The normalized spacial score (nSPS) is 15.2. The van der Waals surface area contributed by atoms with Gasteiger partial charge in [-0.25, -0.2) is 4.79 Å². The van der Waals surface area contributed by atoms with E-state index >= 15 is 0 Å². The number of para-hydroxylation sites is 1. The lowest BCUT2D eigenvalue weighted by Crippen LogP contribution is -2.24. The Morgan fingerprint density at radius 3 is 2.54 bits per heavy atom. The first-order valence-corrected chi connectivity index (χ1v) is 8.26. The molecule has 0 fully saturated rings. The van der Waals surface area contributed by atoms with Crippen LogP contribution in [0.2, 0.25) is 0 Å². The Morgan fingerprint density at radius 2 is 1.81 bits per heavy atom. The van der Waals surface area contributed by atoms with E-state index in [4.69, 9.17) is 9.84 Å². The molecule has 1 heterocycles. The standard InChI is InChI=1S/C21H19NO4/c1-22(13-14-23)16-11-9-15(10-12-16)5-4-7-18-20(24)17-6-2-3-8-19(17)26-21(18)25/h2-12,23H,13-14H2,1H3/b5-4+,18-7-. The van der Waals surface area contributed by atoms with Crippen molar-refractivity contribution < 1.29 is 19.4 Å². The summed E-state index contributed by atoms with van der Waals surface area (Å²) in [6.07, 6.45) is 4.95. The highest BCUT2D eigenvalue weighted by Crippen LogP contribution is 2.27. The van der Waals surface area contributed by atoms with E-state index in [9.17, 15) is 9.59 Å². The Balaban J connectivity index is 1.75. The SMILES string of the molecule is CN(CCO)c1ccc(/C=C/C=C2\C(=O)Oc3ccccc3C2=O)cc1. The smallest absolute Gasteiger partial charge is 0.347 e. The topological polar surface area (TPSA) is 66.8 Å². The predicted octanol–water partition coefficient (Wildman–Crippen LogP) is 2.86. The predicted molar refractivity (Wildman–Crippen MR) is 100 cm³/mol. The summed E-state index contributed by atoms with van der Waals surface area (Å²) in [5.41, 5.74) is 2.33. The van der Waals surface area contributed by atoms with Crippen LogP contribution in [0.25, 0.3) is 6.08 Å². The first-order chi connectivity index (χ1) is 12.6. The third kappa shape index (κ3) is 3.73. The number of Topliss-reactive ketones (excluding diaryl/α,β-unsaturated/α-hetero) is 1. The minimum Gasteiger partial charge on any atom is -0.422 e. The molecule has 0 spiro atoms. The van der Waals surface area contributed by atoms with E-state index in [1.807, 2.05) is 42.3 Å². The molecule has 2 aromatic rings. The number of hydrogen-bond acceptors (Lipinski definition) is 5. The lowest BCUT2D eigenvalue weighted by atomic mass is 9.99. The number of hydrogen-bond donors (Lipinski definition) is 1. The summed E-state index contributed by atoms with van der Waals surface area (Å²) in [7, 11) is 1.91. The van der Waals surface area contributed by atoms with Gasteiger partial charge in [0.25, 0.3) is 0 Å². The third-order valence-corrected chi connectivity index (χ3v) is 4.12. The van der Waals surface area contributed by atoms with Gasteiger partial charge in [-0.2, -0.15) is 0 Å². The molecular weight excluding hydrogens is 330 g/mol. The van der Waals surface area contributed by atoms with E-state index in [0.717, 1.165) is 11.3 Å². The van der Waals surface area contributed by atoms with Gasteiger partial charge in [-0.3, -0.25) is 4.79 Å². The molecule has 5 heteroatoms. The fraction of sp³-hybridized carbons (Fsp3) is 0.143. The number of aliphatic hydroxyl groups excluding tert-OH is 1. The zero-order valence-electron chi connectivity index (χ0n) is 14.4. The van der Waals surface area contributed by atoms with Gasteiger partial charge in [-0.15, -0.1) is 0 Å². The fourth-order valence-corrected chi connectivity index (χ4v) is 2.65. The van der Waals surface area contributed by atoms with Gasteiger partial charge < -0.3 is 14.7 Å². The quantitative estimate of drug-likeness (QED) is 0.389. The van der Waals surface area contributed by atoms with Gasteiger partial charge in [-0.05, 0) is 35.9 Å². The molecule has 5 nitrogen and oxygen atoms in total. The molecule has 3 rings (SSSR count). The summed E-state index contributed by atoms with van der Waals surface area (Å²) < 4.78 is 5.19. The lowest BCUT2D eigenvalue weighted by Gasteiger charge is -2.17.